The molecule has 0 unspecified atom stereocenters. The minimum atomic E-state index is -0.333. The van der Waals surface area contributed by atoms with Gasteiger partial charge in [0, 0.05) is 15.4 Å². The molecule has 1 aromatic heterocycles. The first-order chi connectivity index (χ1) is 15.0. The van der Waals surface area contributed by atoms with E-state index in [1.165, 1.54) is 25.6 Å². The molecule has 0 saturated carbocycles. The van der Waals surface area contributed by atoms with Gasteiger partial charge < -0.3 is 25.3 Å². The zero-order valence-corrected chi connectivity index (χ0v) is 19.1. The maximum atomic E-state index is 12.3. The van der Waals surface area contributed by atoms with E-state index in [-0.39, 0.29) is 12.5 Å². The summed E-state index contributed by atoms with van der Waals surface area (Å²) in [4.78, 5) is 16.4. The molecule has 2 aromatic carbocycles. The number of nitrogen functional groups attached to an aromatic ring is 1. The molecule has 1 heterocycles. The molecule has 1 amide bonds. The molecule has 162 valence electrons. The normalized spacial score (nSPS) is 10.7. The number of methoxy groups -OCH3 is 2. The molecule has 0 aliphatic carbocycles. The lowest BCUT2D eigenvalue weighted by Gasteiger charge is -2.13. The summed E-state index contributed by atoms with van der Waals surface area (Å²) in [7, 11) is 3.05. The van der Waals surface area contributed by atoms with Gasteiger partial charge in [-0.1, -0.05) is 12.1 Å². The van der Waals surface area contributed by atoms with E-state index in [4.69, 9.17) is 19.9 Å². The number of ether oxygens (including phenoxy) is 3. The van der Waals surface area contributed by atoms with E-state index in [9.17, 15) is 4.79 Å². The van der Waals surface area contributed by atoms with Gasteiger partial charge in [0.05, 0.1) is 26.1 Å². The quantitative estimate of drug-likeness (QED) is 0.297. The number of aromatic nitrogens is 1. The van der Waals surface area contributed by atoms with E-state index >= 15 is 0 Å². The topological polar surface area (TPSA) is 120 Å². The number of para-hydroxylation sites is 2. The maximum absolute atomic E-state index is 12.3. The Morgan fingerprint density at radius 1 is 1.23 bits per heavy atom. The van der Waals surface area contributed by atoms with E-state index in [2.05, 4.69) is 36.8 Å². The van der Waals surface area contributed by atoms with E-state index < -0.39 is 0 Å². The number of hydrogen-bond acceptors (Lipinski definition) is 9. The number of carbonyl (C=O) groups is 1. The van der Waals surface area contributed by atoms with Gasteiger partial charge >= 0.3 is 0 Å². The summed E-state index contributed by atoms with van der Waals surface area (Å²) in [5.41, 5.74) is 9.69. The standard InChI is InChI=1S/C20H20BrN5O4S/c1-28-15-6-4-3-5-14(15)24-19(27)10-30-17-8-13(21)12(7-16(17)29-2)9-23-26-20-25-18(22)11-31-20/h3-9,11H,10,22H2,1-2H3,(H,24,27)(H,25,26). The van der Waals surface area contributed by atoms with Crippen LogP contribution in [0.1, 0.15) is 5.56 Å². The van der Waals surface area contributed by atoms with Crippen LogP contribution in [0, 0.1) is 0 Å². The van der Waals surface area contributed by atoms with Crippen LogP contribution in [-0.2, 0) is 4.79 Å². The number of benzene rings is 2. The Balaban J connectivity index is 1.64. The molecule has 0 spiro atoms. The largest absolute Gasteiger partial charge is 0.495 e. The number of anilines is 3. The van der Waals surface area contributed by atoms with E-state index in [0.717, 1.165) is 5.56 Å². The van der Waals surface area contributed by atoms with E-state index in [1.54, 1.807) is 41.9 Å². The number of halogens is 1. The smallest absolute Gasteiger partial charge is 0.262 e. The highest BCUT2D eigenvalue weighted by atomic mass is 79.9. The van der Waals surface area contributed by atoms with Crippen molar-refractivity contribution in [2.24, 2.45) is 5.10 Å². The number of hydrazone groups is 1. The summed E-state index contributed by atoms with van der Waals surface area (Å²) in [6, 6.07) is 10.6. The maximum Gasteiger partial charge on any atom is 0.262 e. The molecule has 3 rings (SSSR count). The Kier molecular flexibility index (Phi) is 7.68. The molecular formula is C20H20BrN5O4S. The van der Waals surface area contributed by atoms with Gasteiger partial charge in [-0.25, -0.2) is 4.98 Å². The fourth-order valence-corrected chi connectivity index (χ4v) is 3.47. The summed E-state index contributed by atoms with van der Waals surface area (Å²) < 4.78 is 17.0. The highest BCUT2D eigenvalue weighted by Crippen LogP contribution is 2.33. The van der Waals surface area contributed by atoms with Crippen LogP contribution in [0.2, 0.25) is 0 Å². The minimum absolute atomic E-state index is 0.207. The van der Waals surface area contributed by atoms with Gasteiger partial charge in [0.2, 0.25) is 5.13 Å². The number of thiazole rings is 1. The second kappa shape index (κ2) is 10.6. The zero-order valence-electron chi connectivity index (χ0n) is 16.7. The summed E-state index contributed by atoms with van der Waals surface area (Å²) in [5, 5.41) is 9.20. The summed E-state index contributed by atoms with van der Waals surface area (Å²) in [6.07, 6.45) is 1.60. The molecule has 11 heteroatoms. The number of hydrogen-bond donors (Lipinski definition) is 3. The Morgan fingerprint density at radius 3 is 2.71 bits per heavy atom. The van der Waals surface area contributed by atoms with Crippen LogP contribution >= 0.6 is 27.3 Å². The Morgan fingerprint density at radius 2 is 2.00 bits per heavy atom. The fourth-order valence-electron chi connectivity index (χ4n) is 2.49. The first kappa shape index (κ1) is 22.4. The van der Waals surface area contributed by atoms with Crippen molar-refractivity contribution in [1.82, 2.24) is 4.98 Å². The van der Waals surface area contributed by atoms with Crippen LogP contribution in [0.15, 0.2) is 51.4 Å². The Bertz CT molecular complexity index is 1090. The van der Waals surface area contributed by atoms with Gasteiger partial charge in [0.25, 0.3) is 5.91 Å². The molecule has 0 bridgehead atoms. The van der Waals surface area contributed by atoms with Crippen molar-refractivity contribution < 1.29 is 19.0 Å². The number of carbonyl (C=O) groups excluding carboxylic acids is 1. The van der Waals surface area contributed by atoms with Gasteiger partial charge in [0.15, 0.2) is 18.1 Å². The second-order valence-electron chi connectivity index (χ2n) is 6.01. The van der Waals surface area contributed by atoms with Gasteiger partial charge in [0.1, 0.15) is 11.6 Å². The second-order valence-corrected chi connectivity index (χ2v) is 7.72. The lowest BCUT2D eigenvalue weighted by molar-refractivity contribution is -0.118. The Labute approximate surface area is 191 Å². The van der Waals surface area contributed by atoms with Crippen LogP contribution in [0.5, 0.6) is 17.2 Å². The van der Waals surface area contributed by atoms with Gasteiger partial charge in [-0.15, -0.1) is 11.3 Å². The molecule has 0 fully saturated rings. The predicted octanol–water partition coefficient (Wildman–Crippen LogP) is 3.97. The first-order valence-electron chi connectivity index (χ1n) is 8.93. The molecule has 9 nitrogen and oxygen atoms in total. The monoisotopic (exact) mass is 505 g/mol. The third kappa shape index (κ3) is 6.09. The zero-order chi connectivity index (χ0) is 22.2. The molecule has 0 aliphatic heterocycles. The molecule has 4 N–H and O–H groups in total. The van der Waals surface area contributed by atoms with Crippen LogP contribution in [0.3, 0.4) is 0 Å². The molecule has 0 aliphatic rings. The number of nitrogens with two attached hydrogens (primary N) is 1. The minimum Gasteiger partial charge on any atom is -0.495 e. The van der Waals surface area contributed by atoms with Crippen LogP contribution < -0.4 is 30.7 Å². The van der Waals surface area contributed by atoms with E-state index in [0.29, 0.717) is 38.4 Å². The Hall–Kier alpha value is -3.31. The van der Waals surface area contributed by atoms with Crippen LogP contribution in [0.25, 0.3) is 0 Å². The van der Waals surface area contributed by atoms with Crippen molar-refractivity contribution in [2.45, 2.75) is 0 Å². The SMILES string of the molecule is COc1ccccc1NC(=O)COc1cc(Br)c(C=NNc2nc(N)cs2)cc1OC. The third-order valence-electron chi connectivity index (χ3n) is 3.91. The molecule has 31 heavy (non-hydrogen) atoms. The van der Waals surface area contributed by atoms with Crippen LogP contribution in [0.4, 0.5) is 16.6 Å². The number of nitrogens with one attached hydrogen (secondary N) is 2. The number of amides is 1. The number of nitrogens with zero attached hydrogens (tertiary/aromatic N) is 2. The molecule has 3 aromatic rings. The first-order valence-corrected chi connectivity index (χ1v) is 10.6. The lowest BCUT2D eigenvalue weighted by Crippen LogP contribution is -2.20. The highest BCUT2D eigenvalue weighted by molar-refractivity contribution is 9.10. The predicted molar refractivity (Wildman–Crippen MR) is 126 cm³/mol. The summed E-state index contributed by atoms with van der Waals surface area (Å²) >= 11 is 4.82. The van der Waals surface area contributed by atoms with Crippen molar-refractivity contribution in [2.75, 3.05) is 37.3 Å². The number of rotatable bonds is 9. The van der Waals surface area contributed by atoms with Crippen molar-refractivity contribution in [1.29, 1.82) is 0 Å². The fraction of sp³-hybridized carbons (Fsp3) is 0.150. The highest BCUT2D eigenvalue weighted by Gasteiger charge is 2.13. The van der Waals surface area contributed by atoms with Crippen molar-refractivity contribution >= 4 is 56.0 Å². The lowest BCUT2D eigenvalue weighted by atomic mass is 10.2. The van der Waals surface area contributed by atoms with Gasteiger partial charge in [-0.3, -0.25) is 10.2 Å². The molecule has 0 saturated heterocycles. The average Bonchev–Trinajstić information content (AvgIpc) is 3.18. The van der Waals surface area contributed by atoms with Crippen LogP contribution in [-0.4, -0.2) is 37.9 Å². The van der Waals surface area contributed by atoms with Crippen molar-refractivity contribution in [3.05, 3.63) is 51.8 Å². The summed E-state index contributed by atoms with van der Waals surface area (Å²) in [5.74, 6) is 1.52. The van der Waals surface area contributed by atoms with Crippen molar-refractivity contribution in [3.8, 4) is 17.2 Å². The molecule has 0 atom stereocenters. The third-order valence-corrected chi connectivity index (χ3v) is 5.36. The molecular weight excluding hydrogens is 486 g/mol. The van der Waals surface area contributed by atoms with Gasteiger partial charge in [-0.2, -0.15) is 5.10 Å². The average molecular weight is 506 g/mol. The summed E-state index contributed by atoms with van der Waals surface area (Å²) in [6.45, 7) is -0.207. The molecule has 0 radical (unpaired) electrons. The van der Waals surface area contributed by atoms with E-state index in [1.807, 2.05) is 6.07 Å². The van der Waals surface area contributed by atoms with Crippen molar-refractivity contribution in [3.63, 3.8) is 0 Å². The van der Waals surface area contributed by atoms with Gasteiger partial charge in [-0.05, 0) is 40.2 Å².